The Morgan fingerprint density at radius 3 is 2.21 bits per heavy atom. The molecule has 0 aliphatic carbocycles. The van der Waals surface area contributed by atoms with Gasteiger partial charge in [0.2, 0.25) is 0 Å². The molecule has 0 spiro atoms. The third-order valence-electron chi connectivity index (χ3n) is 7.03. The molecule has 5 aromatic rings. The molecule has 4 aromatic carbocycles. The molecule has 0 bridgehead atoms. The summed E-state index contributed by atoms with van der Waals surface area (Å²) in [4.78, 5) is 40.0. The number of nitrogens with one attached hydrogen (secondary N) is 2. The van der Waals surface area contributed by atoms with Crippen molar-refractivity contribution in [2.75, 3.05) is 0 Å². The second kappa shape index (κ2) is 14.7. The number of pyridine rings is 1. The lowest BCUT2D eigenvalue weighted by Gasteiger charge is -2.19. The number of nitro benzene ring substituents is 1. The molecule has 47 heavy (non-hydrogen) atoms. The summed E-state index contributed by atoms with van der Waals surface area (Å²) >= 11 is 5.81. The Kier molecular flexibility index (Phi) is 10.2. The predicted molar refractivity (Wildman–Crippen MR) is 175 cm³/mol. The van der Waals surface area contributed by atoms with E-state index in [1.54, 1.807) is 24.3 Å². The second-order valence-corrected chi connectivity index (χ2v) is 12.4. The topological polar surface area (TPSA) is 158 Å². The van der Waals surface area contributed by atoms with Crippen LogP contribution in [0.3, 0.4) is 0 Å². The van der Waals surface area contributed by atoms with E-state index < -0.39 is 43.4 Å². The van der Waals surface area contributed by atoms with Crippen molar-refractivity contribution in [3.63, 3.8) is 0 Å². The van der Waals surface area contributed by atoms with Crippen LogP contribution < -0.4 is 14.8 Å². The van der Waals surface area contributed by atoms with Gasteiger partial charge in [0.05, 0.1) is 15.4 Å². The molecule has 1 heterocycles. The van der Waals surface area contributed by atoms with Gasteiger partial charge < -0.3 is 10.1 Å². The number of nitrogens with zero attached hydrogens (tertiary/aromatic N) is 2. The molecule has 0 aliphatic heterocycles. The maximum absolute atomic E-state index is 13.3. The van der Waals surface area contributed by atoms with Crippen LogP contribution in [0.5, 0.6) is 5.75 Å². The molecule has 13 heteroatoms. The lowest BCUT2D eigenvalue weighted by atomic mass is 10.0. The first-order chi connectivity index (χ1) is 22.6. The summed E-state index contributed by atoms with van der Waals surface area (Å²) in [5.74, 6) is -1.15. The minimum atomic E-state index is -4.58. The summed E-state index contributed by atoms with van der Waals surface area (Å²) in [5.41, 5.74) is 3.28. The van der Waals surface area contributed by atoms with Crippen molar-refractivity contribution in [2.45, 2.75) is 24.0 Å². The number of aromatic nitrogens is 1. The lowest BCUT2D eigenvalue weighted by molar-refractivity contribution is -0.384. The minimum Gasteiger partial charge on any atom is -0.489 e. The first-order valence-electron chi connectivity index (χ1n) is 14.2. The highest BCUT2D eigenvalue weighted by atomic mass is 35.5. The number of carbonyl (C=O) groups excluding carboxylic acids is 2. The fraction of sp³-hybridized carbons (Fsp3) is 0.0882. The van der Waals surface area contributed by atoms with E-state index in [2.05, 4.69) is 10.3 Å². The molecule has 5 rings (SSSR count). The van der Waals surface area contributed by atoms with Crippen LogP contribution in [0.25, 0.3) is 11.1 Å². The van der Waals surface area contributed by atoms with Crippen LogP contribution in [0.4, 0.5) is 5.69 Å². The molecule has 1 aromatic heterocycles. The summed E-state index contributed by atoms with van der Waals surface area (Å²) < 4.78 is 33.9. The Morgan fingerprint density at radius 1 is 0.872 bits per heavy atom. The van der Waals surface area contributed by atoms with Crippen LogP contribution in [-0.4, -0.2) is 36.2 Å². The van der Waals surface area contributed by atoms with Crippen molar-refractivity contribution in [1.29, 1.82) is 0 Å². The SMILES string of the molecule is O=C(N[C@@H](Cc1ccc(OCc2ccc(-c3ccccc3)cc2)cc1)C(=O)NS(=O)(=O)c1ccc(Cl)c([N+](=O)[O-])c1)c1cccnc1. The third kappa shape index (κ3) is 8.57. The molecular formula is C34H27ClN4O7S. The summed E-state index contributed by atoms with van der Waals surface area (Å²) in [6.07, 6.45) is 2.69. The zero-order valence-electron chi connectivity index (χ0n) is 24.6. The second-order valence-electron chi connectivity index (χ2n) is 10.3. The number of hydrogen-bond acceptors (Lipinski definition) is 8. The molecule has 238 valence electrons. The van der Waals surface area contributed by atoms with Crippen LogP contribution in [0.2, 0.25) is 5.02 Å². The summed E-state index contributed by atoms with van der Waals surface area (Å²) in [6, 6.07) is 29.3. The van der Waals surface area contributed by atoms with Gasteiger partial charge in [0, 0.05) is 24.9 Å². The van der Waals surface area contributed by atoms with E-state index in [-0.39, 0.29) is 17.0 Å². The number of ether oxygens (including phenoxy) is 1. The number of amides is 2. The van der Waals surface area contributed by atoms with Gasteiger partial charge in [-0.2, -0.15) is 0 Å². The smallest absolute Gasteiger partial charge is 0.289 e. The zero-order valence-corrected chi connectivity index (χ0v) is 26.1. The predicted octanol–water partition coefficient (Wildman–Crippen LogP) is 5.74. The average molecular weight is 671 g/mol. The van der Waals surface area contributed by atoms with Gasteiger partial charge in [-0.3, -0.25) is 24.7 Å². The van der Waals surface area contributed by atoms with E-state index in [4.69, 9.17) is 16.3 Å². The van der Waals surface area contributed by atoms with Gasteiger partial charge in [-0.15, -0.1) is 0 Å². The first-order valence-corrected chi connectivity index (χ1v) is 16.0. The number of nitro groups is 1. The van der Waals surface area contributed by atoms with Crippen LogP contribution in [0, 0.1) is 10.1 Å². The standard InChI is InChI=1S/C34H27ClN4O7S/c35-30-17-16-29(20-32(30)39(42)43)47(44,45)38-34(41)31(37-33(40)27-7-4-18-36-21-27)19-23-10-14-28(15-11-23)46-22-24-8-12-26(13-9-24)25-5-2-1-3-6-25/h1-18,20-21,31H,19,22H2,(H,37,40)(H,38,41)/t31-/m0/s1. The van der Waals surface area contributed by atoms with E-state index >= 15 is 0 Å². The molecule has 2 N–H and O–H groups in total. The molecule has 11 nitrogen and oxygen atoms in total. The third-order valence-corrected chi connectivity index (χ3v) is 8.70. The van der Waals surface area contributed by atoms with Crippen molar-refractivity contribution in [2.24, 2.45) is 0 Å². The van der Waals surface area contributed by atoms with Crippen molar-refractivity contribution in [1.82, 2.24) is 15.0 Å². The highest BCUT2D eigenvalue weighted by Crippen LogP contribution is 2.27. The van der Waals surface area contributed by atoms with Crippen molar-refractivity contribution >= 4 is 39.1 Å². The molecule has 0 saturated heterocycles. The van der Waals surface area contributed by atoms with Gasteiger partial charge in [0.1, 0.15) is 23.4 Å². The van der Waals surface area contributed by atoms with Gasteiger partial charge in [0.25, 0.3) is 27.5 Å². The molecule has 0 unspecified atom stereocenters. The fourth-order valence-electron chi connectivity index (χ4n) is 4.56. The molecule has 0 fully saturated rings. The molecule has 1 atom stereocenters. The fourth-order valence-corrected chi connectivity index (χ4v) is 5.78. The van der Waals surface area contributed by atoms with Gasteiger partial charge in [-0.25, -0.2) is 13.1 Å². The molecule has 0 radical (unpaired) electrons. The van der Waals surface area contributed by atoms with Gasteiger partial charge in [-0.05, 0) is 58.7 Å². The van der Waals surface area contributed by atoms with Gasteiger partial charge in [0.15, 0.2) is 0 Å². The largest absolute Gasteiger partial charge is 0.489 e. The first kappa shape index (κ1) is 32.8. The lowest BCUT2D eigenvalue weighted by Crippen LogP contribution is -2.49. The van der Waals surface area contributed by atoms with Crippen molar-refractivity contribution < 1.29 is 27.7 Å². The van der Waals surface area contributed by atoms with E-state index in [0.29, 0.717) is 17.9 Å². The Labute approximate surface area is 275 Å². The maximum Gasteiger partial charge on any atom is 0.289 e. The number of halogens is 1. The summed E-state index contributed by atoms with van der Waals surface area (Å²) in [7, 11) is -4.58. The Hall–Kier alpha value is -5.59. The zero-order chi connectivity index (χ0) is 33.4. The molecule has 2 amide bonds. The molecular weight excluding hydrogens is 644 g/mol. The van der Waals surface area contributed by atoms with Crippen LogP contribution in [-0.2, 0) is 27.8 Å². The van der Waals surface area contributed by atoms with Crippen molar-refractivity contribution in [3.05, 3.63) is 153 Å². The Bertz CT molecular complexity index is 1990. The van der Waals surface area contributed by atoms with Crippen LogP contribution >= 0.6 is 11.6 Å². The minimum absolute atomic E-state index is 0.0879. The maximum atomic E-state index is 13.3. The summed E-state index contributed by atoms with van der Waals surface area (Å²) in [6.45, 7) is 0.321. The van der Waals surface area contributed by atoms with E-state index in [1.165, 1.54) is 24.5 Å². The van der Waals surface area contributed by atoms with Crippen LogP contribution in [0.15, 0.2) is 126 Å². The molecule has 0 aliphatic rings. The van der Waals surface area contributed by atoms with Gasteiger partial charge in [-0.1, -0.05) is 78.3 Å². The Balaban J connectivity index is 1.28. The number of hydrogen-bond donors (Lipinski definition) is 2. The van der Waals surface area contributed by atoms with E-state index in [1.807, 2.05) is 59.3 Å². The summed E-state index contributed by atoms with van der Waals surface area (Å²) in [5, 5.41) is 13.6. The van der Waals surface area contributed by atoms with Crippen LogP contribution in [0.1, 0.15) is 21.5 Å². The molecule has 0 saturated carbocycles. The van der Waals surface area contributed by atoms with Crippen molar-refractivity contribution in [3.8, 4) is 16.9 Å². The quantitative estimate of drug-likeness (QED) is 0.126. The highest BCUT2D eigenvalue weighted by Gasteiger charge is 2.28. The monoisotopic (exact) mass is 670 g/mol. The number of carbonyl (C=O) groups is 2. The average Bonchev–Trinajstić information content (AvgIpc) is 3.08. The highest BCUT2D eigenvalue weighted by molar-refractivity contribution is 7.90. The number of benzene rings is 4. The number of sulfonamides is 1. The van der Waals surface area contributed by atoms with E-state index in [0.717, 1.165) is 34.9 Å². The number of rotatable bonds is 12. The van der Waals surface area contributed by atoms with E-state index in [9.17, 15) is 28.1 Å². The normalized spacial score (nSPS) is 11.7. The van der Waals surface area contributed by atoms with Gasteiger partial charge >= 0.3 is 0 Å². The Morgan fingerprint density at radius 2 is 1.55 bits per heavy atom.